The van der Waals surface area contributed by atoms with Gasteiger partial charge in [0.05, 0.1) is 11.7 Å². The first-order valence-corrected chi connectivity index (χ1v) is 9.26. The molecule has 1 fully saturated rings. The quantitative estimate of drug-likeness (QED) is 0.813. The highest BCUT2D eigenvalue weighted by molar-refractivity contribution is 5.94. The Bertz CT molecular complexity index is 908. The lowest BCUT2D eigenvalue weighted by Crippen LogP contribution is -2.28. The fourth-order valence-corrected chi connectivity index (χ4v) is 3.48. The van der Waals surface area contributed by atoms with Crippen molar-refractivity contribution in [3.8, 4) is 11.1 Å². The highest BCUT2D eigenvalue weighted by Gasteiger charge is 2.17. The lowest BCUT2D eigenvalue weighted by molar-refractivity contribution is 0.0763. The van der Waals surface area contributed by atoms with E-state index in [1.54, 1.807) is 43.1 Å². The fraction of sp³-hybridized carbons (Fsp3) is 0.450. The van der Waals surface area contributed by atoms with E-state index in [1.807, 2.05) is 0 Å². The van der Waals surface area contributed by atoms with Crippen molar-refractivity contribution in [2.24, 2.45) is 0 Å². The second-order valence-electron chi connectivity index (χ2n) is 6.99. The van der Waals surface area contributed by atoms with Crippen LogP contribution in [0.4, 0.5) is 0 Å². The van der Waals surface area contributed by atoms with Crippen molar-refractivity contribution in [2.45, 2.75) is 38.7 Å². The average Bonchev–Trinajstić information content (AvgIpc) is 3.14. The molecule has 0 bridgehead atoms. The molecule has 1 atom stereocenters. The Labute approximate surface area is 157 Å². The van der Waals surface area contributed by atoms with Crippen molar-refractivity contribution < 1.29 is 9.53 Å². The van der Waals surface area contributed by atoms with E-state index in [1.165, 1.54) is 0 Å². The van der Waals surface area contributed by atoms with Gasteiger partial charge in [-0.3, -0.25) is 14.6 Å². The number of ether oxygens (including phenoxy) is 1. The molecule has 1 amide bonds. The maximum Gasteiger partial charge on any atom is 0.325 e. The standard InChI is InChI=1S/C20H25N3O4/c1-13-17(18(24)22-20(26)21-13)14-7-9-15(10-8-14)19(25)23(2)11-3-5-16-6-4-12-27-16/h7-10,16H,3-6,11-12H2,1-2H3,(H2,21,22,24,26)/t16-/m0/s1. The number of rotatable bonds is 6. The van der Waals surface area contributed by atoms with Gasteiger partial charge in [-0.2, -0.15) is 0 Å². The lowest BCUT2D eigenvalue weighted by Gasteiger charge is -2.18. The van der Waals surface area contributed by atoms with Crippen LogP contribution in [0.3, 0.4) is 0 Å². The molecule has 0 aliphatic carbocycles. The molecule has 2 aromatic rings. The number of hydrogen-bond acceptors (Lipinski definition) is 4. The summed E-state index contributed by atoms with van der Waals surface area (Å²) in [5.41, 5.74) is 1.14. The monoisotopic (exact) mass is 371 g/mol. The number of aromatic nitrogens is 2. The summed E-state index contributed by atoms with van der Waals surface area (Å²) in [6, 6.07) is 6.86. The summed E-state index contributed by atoms with van der Waals surface area (Å²) >= 11 is 0. The van der Waals surface area contributed by atoms with Gasteiger partial charge in [-0.25, -0.2) is 4.79 Å². The van der Waals surface area contributed by atoms with E-state index in [0.717, 1.165) is 32.3 Å². The van der Waals surface area contributed by atoms with E-state index < -0.39 is 11.2 Å². The molecule has 1 aromatic carbocycles. The van der Waals surface area contributed by atoms with Crippen LogP contribution in [0.25, 0.3) is 11.1 Å². The molecule has 3 rings (SSSR count). The van der Waals surface area contributed by atoms with Crippen LogP contribution < -0.4 is 11.2 Å². The highest BCUT2D eigenvalue weighted by atomic mass is 16.5. The van der Waals surface area contributed by atoms with E-state index in [-0.39, 0.29) is 5.91 Å². The number of amides is 1. The number of H-pyrrole nitrogens is 2. The molecular weight excluding hydrogens is 346 g/mol. The maximum absolute atomic E-state index is 12.6. The van der Waals surface area contributed by atoms with Crippen LogP contribution in [0.15, 0.2) is 33.9 Å². The van der Waals surface area contributed by atoms with Gasteiger partial charge >= 0.3 is 5.69 Å². The summed E-state index contributed by atoms with van der Waals surface area (Å²) in [7, 11) is 1.79. The third-order valence-electron chi connectivity index (χ3n) is 4.94. The minimum Gasteiger partial charge on any atom is -0.378 e. The van der Waals surface area contributed by atoms with E-state index in [0.29, 0.717) is 35.0 Å². The number of hydrogen-bond donors (Lipinski definition) is 2. The zero-order chi connectivity index (χ0) is 19.4. The molecule has 1 saturated heterocycles. The van der Waals surface area contributed by atoms with Gasteiger partial charge in [0.15, 0.2) is 0 Å². The van der Waals surface area contributed by atoms with Gasteiger partial charge in [0.25, 0.3) is 11.5 Å². The van der Waals surface area contributed by atoms with E-state index in [4.69, 9.17) is 4.74 Å². The Kier molecular flexibility index (Phi) is 5.91. The third-order valence-corrected chi connectivity index (χ3v) is 4.94. The number of aryl methyl sites for hydroxylation is 1. The number of benzene rings is 1. The Morgan fingerprint density at radius 2 is 1.96 bits per heavy atom. The van der Waals surface area contributed by atoms with Crippen molar-refractivity contribution in [2.75, 3.05) is 20.2 Å². The number of aromatic amines is 2. The van der Waals surface area contributed by atoms with Crippen LogP contribution in [0.5, 0.6) is 0 Å². The van der Waals surface area contributed by atoms with Gasteiger partial charge in [0.1, 0.15) is 0 Å². The lowest BCUT2D eigenvalue weighted by atomic mass is 10.0. The normalized spacial score (nSPS) is 16.4. The second-order valence-corrected chi connectivity index (χ2v) is 6.99. The number of nitrogens with one attached hydrogen (secondary N) is 2. The zero-order valence-electron chi connectivity index (χ0n) is 15.7. The van der Waals surface area contributed by atoms with Gasteiger partial charge in [-0.1, -0.05) is 12.1 Å². The van der Waals surface area contributed by atoms with Crippen LogP contribution >= 0.6 is 0 Å². The highest BCUT2D eigenvalue weighted by Crippen LogP contribution is 2.19. The molecule has 0 saturated carbocycles. The van der Waals surface area contributed by atoms with Crippen LogP contribution in [-0.4, -0.2) is 47.1 Å². The zero-order valence-corrected chi connectivity index (χ0v) is 15.7. The summed E-state index contributed by atoms with van der Waals surface area (Å²) in [5.74, 6) is -0.0546. The van der Waals surface area contributed by atoms with Crippen molar-refractivity contribution >= 4 is 5.91 Å². The number of carbonyl (C=O) groups excluding carboxylic acids is 1. The summed E-state index contributed by atoms with van der Waals surface area (Å²) in [6.07, 6.45) is 4.47. The molecule has 1 aliphatic rings. The molecule has 7 nitrogen and oxygen atoms in total. The molecule has 0 spiro atoms. The first-order chi connectivity index (χ1) is 13.0. The molecule has 2 N–H and O–H groups in total. The maximum atomic E-state index is 12.6. The number of nitrogens with zero attached hydrogens (tertiary/aromatic N) is 1. The molecular formula is C20H25N3O4. The predicted octanol–water partition coefficient (Wildman–Crippen LogP) is 2.07. The van der Waals surface area contributed by atoms with Gasteiger partial charge in [0.2, 0.25) is 0 Å². The summed E-state index contributed by atoms with van der Waals surface area (Å²) in [5, 5.41) is 0. The predicted molar refractivity (Wildman–Crippen MR) is 103 cm³/mol. The van der Waals surface area contributed by atoms with Crippen molar-refractivity contribution in [3.63, 3.8) is 0 Å². The van der Waals surface area contributed by atoms with Crippen molar-refractivity contribution in [1.82, 2.24) is 14.9 Å². The second kappa shape index (κ2) is 8.35. The Hall–Kier alpha value is -2.67. The largest absolute Gasteiger partial charge is 0.378 e. The molecule has 1 aliphatic heterocycles. The Morgan fingerprint density at radius 1 is 1.22 bits per heavy atom. The minimum absolute atomic E-state index is 0.0546. The summed E-state index contributed by atoms with van der Waals surface area (Å²) in [6.45, 7) is 3.20. The molecule has 1 aromatic heterocycles. The average molecular weight is 371 g/mol. The first-order valence-electron chi connectivity index (χ1n) is 9.26. The smallest absolute Gasteiger partial charge is 0.325 e. The third kappa shape index (κ3) is 4.54. The van der Waals surface area contributed by atoms with Crippen LogP contribution in [0.1, 0.15) is 41.7 Å². The fourth-order valence-electron chi connectivity index (χ4n) is 3.48. The molecule has 7 heteroatoms. The van der Waals surface area contributed by atoms with E-state index in [9.17, 15) is 14.4 Å². The summed E-state index contributed by atoms with van der Waals surface area (Å²) in [4.78, 5) is 42.5. The van der Waals surface area contributed by atoms with Gasteiger partial charge in [0, 0.05) is 31.5 Å². The molecule has 2 heterocycles. The minimum atomic E-state index is -0.530. The topological polar surface area (TPSA) is 95.3 Å². The van der Waals surface area contributed by atoms with Crippen molar-refractivity contribution in [1.29, 1.82) is 0 Å². The SMILES string of the molecule is Cc1[nH]c(=O)[nH]c(=O)c1-c1ccc(C(=O)N(C)CCC[C@H]2CCCO2)cc1. The Balaban J connectivity index is 1.65. The van der Waals surface area contributed by atoms with E-state index in [2.05, 4.69) is 9.97 Å². The van der Waals surface area contributed by atoms with Gasteiger partial charge in [-0.15, -0.1) is 0 Å². The molecule has 0 radical (unpaired) electrons. The molecule has 144 valence electrons. The van der Waals surface area contributed by atoms with Crippen LogP contribution in [-0.2, 0) is 4.74 Å². The van der Waals surface area contributed by atoms with Crippen LogP contribution in [0.2, 0.25) is 0 Å². The Morgan fingerprint density at radius 3 is 2.59 bits per heavy atom. The van der Waals surface area contributed by atoms with E-state index >= 15 is 0 Å². The van der Waals surface area contributed by atoms with Gasteiger partial charge in [-0.05, 0) is 50.3 Å². The van der Waals surface area contributed by atoms with Gasteiger partial charge < -0.3 is 14.6 Å². The first kappa shape index (κ1) is 19.1. The van der Waals surface area contributed by atoms with Crippen molar-refractivity contribution in [3.05, 3.63) is 56.4 Å². The van der Waals surface area contributed by atoms with Crippen LogP contribution in [0, 0.1) is 6.92 Å². The molecule has 27 heavy (non-hydrogen) atoms. The summed E-state index contributed by atoms with van der Waals surface area (Å²) < 4.78 is 5.61. The number of carbonyl (C=O) groups is 1. The molecule has 0 unspecified atom stereocenters.